The summed E-state index contributed by atoms with van der Waals surface area (Å²) in [6.07, 6.45) is 1.18. The number of ether oxygens (including phenoxy) is 1. The zero-order valence-corrected chi connectivity index (χ0v) is 18.0. The lowest BCUT2D eigenvalue weighted by molar-refractivity contribution is 0.0730. The van der Waals surface area contributed by atoms with E-state index >= 15 is 0 Å². The van der Waals surface area contributed by atoms with Crippen molar-refractivity contribution in [2.45, 2.75) is 11.1 Å². The number of carbonyl (C=O) groups is 1. The quantitative estimate of drug-likeness (QED) is 0.643. The van der Waals surface area contributed by atoms with Crippen molar-refractivity contribution >= 4 is 27.4 Å². The van der Waals surface area contributed by atoms with Crippen LogP contribution in [-0.2, 0) is 14.8 Å². The molecule has 0 aliphatic carbocycles. The van der Waals surface area contributed by atoms with E-state index in [4.69, 9.17) is 4.74 Å². The Morgan fingerprint density at radius 3 is 2.38 bits per heavy atom. The van der Waals surface area contributed by atoms with Crippen LogP contribution in [0.4, 0.5) is 11.5 Å². The Kier molecular flexibility index (Phi) is 5.38. The standard InChI is InChI=1S/C23H22N4O4S/c28-23-20-6-2-1-5-19(20)22(27(23)21-7-3-4-12-24-21)25-17-8-10-18(11-9-17)32(29,30)26-13-15-31-16-14-26/h1-12,22,25H,13-16H2/t22-/m1/s1. The smallest absolute Gasteiger partial charge is 0.261 e. The Balaban J connectivity index is 1.44. The van der Waals surface area contributed by atoms with Gasteiger partial charge in [-0.1, -0.05) is 24.3 Å². The zero-order chi connectivity index (χ0) is 22.1. The number of hydrogen-bond acceptors (Lipinski definition) is 6. The molecule has 1 amide bonds. The summed E-state index contributed by atoms with van der Waals surface area (Å²) in [4.78, 5) is 19.3. The first-order chi connectivity index (χ1) is 15.6. The second kappa shape index (κ2) is 8.34. The molecule has 0 radical (unpaired) electrons. The van der Waals surface area contributed by atoms with Gasteiger partial charge in [0.25, 0.3) is 5.91 Å². The number of hydrogen-bond donors (Lipinski definition) is 1. The van der Waals surface area contributed by atoms with Gasteiger partial charge in [0.2, 0.25) is 10.0 Å². The number of benzene rings is 2. The summed E-state index contributed by atoms with van der Waals surface area (Å²) in [5.41, 5.74) is 2.15. The molecule has 0 unspecified atom stereocenters. The maximum atomic E-state index is 13.1. The second-order valence-electron chi connectivity index (χ2n) is 7.54. The molecular weight excluding hydrogens is 428 g/mol. The Morgan fingerprint density at radius 2 is 1.66 bits per heavy atom. The highest BCUT2D eigenvalue weighted by molar-refractivity contribution is 7.89. The summed E-state index contributed by atoms with van der Waals surface area (Å²) in [6.45, 7) is 1.50. The highest BCUT2D eigenvalue weighted by Crippen LogP contribution is 2.37. The average molecular weight is 451 g/mol. The molecule has 1 N–H and O–H groups in total. The molecule has 164 valence electrons. The van der Waals surface area contributed by atoms with Gasteiger partial charge in [0.1, 0.15) is 12.0 Å². The number of morpholine rings is 1. The minimum absolute atomic E-state index is 0.136. The van der Waals surface area contributed by atoms with E-state index in [1.54, 1.807) is 53.6 Å². The van der Waals surface area contributed by atoms with Crippen LogP contribution in [0.3, 0.4) is 0 Å². The maximum absolute atomic E-state index is 13.1. The van der Waals surface area contributed by atoms with Crippen molar-refractivity contribution in [3.63, 3.8) is 0 Å². The Bertz CT molecular complexity index is 1230. The second-order valence-corrected chi connectivity index (χ2v) is 9.48. The van der Waals surface area contributed by atoms with Crippen molar-refractivity contribution < 1.29 is 17.9 Å². The minimum Gasteiger partial charge on any atom is -0.379 e. The molecular formula is C23H22N4O4S. The first-order valence-electron chi connectivity index (χ1n) is 10.3. The lowest BCUT2D eigenvalue weighted by Gasteiger charge is -2.27. The predicted molar refractivity (Wildman–Crippen MR) is 120 cm³/mol. The van der Waals surface area contributed by atoms with Crippen LogP contribution in [0.15, 0.2) is 77.8 Å². The van der Waals surface area contributed by atoms with Gasteiger partial charge in [-0.3, -0.25) is 9.69 Å². The SMILES string of the molecule is O=C1c2ccccc2[C@H](Nc2ccc(S(=O)(=O)N3CCOCC3)cc2)N1c1ccccn1. The van der Waals surface area contributed by atoms with Crippen molar-refractivity contribution in [2.24, 2.45) is 0 Å². The van der Waals surface area contributed by atoms with Crippen LogP contribution in [0.5, 0.6) is 0 Å². The van der Waals surface area contributed by atoms with Gasteiger partial charge < -0.3 is 10.1 Å². The largest absolute Gasteiger partial charge is 0.379 e. The molecule has 0 saturated carbocycles. The van der Waals surface area contributed by atoms with Gasteiger partial charge in [-0.25, -0.2) is 13.4 Å². The molecule has 2 aliphatic rings. The first-order valence-corrected chi connectivity index (χ1v) is 11.8. The molecule has 9 heteroatoms. The number of aromatic nitrogens is 1. The number of amides is 1. The van der Waals surface area contributed by atoms with Crippen LogP contribution >= 0.6 is 0 Å². The first kappa shape index (κ1) is 20.6. The van der Waals surface area contributed by atoms with Crippen LogP contribution < -0.4 is 10.2 Å². The van der Waals surface area contributed by atoms with Crippen molar-refractivity contribution in [1.82, 2.24) is 9.29 Å². The van der Waals surface area contributed by atoms with Crippen LogP contribution in [-0.4, -0.2) is 49.9 Å². The number of pyridine rings is 1. The summed E-state index contributed by atoms with van der Waals surface area (Å²) in [7, 11) is -3.57. The average Bonchev–Trinajstić information content (AvgIpc) is 3.12. The molecule has 2 aliphatic heterocycles. The monoisotopic (exact) mass is 450 g/mol. The number of sulfonamides is 1. The van der Waals surface area contributed by atoms with E-state index in [1.165, 1.54) is 4.31 Å². The molecule has 1 aromatic heterocycles. The topological polar surface area (TPSA) is 91.8 Å². The predicted octanol–water partition coefficient (Wildman–Crippen LogP) is 2.87. The number of rotatable bonds is 5. The highest BCUT2D eigenvalue weighted by Gasteiger charge is 2.38. The molecule has 0 bridgehead atoms. The number of fused-ring (bicyclic) bond motifs is 1. The van der Waals surface area contributed by atoms with Gasteiger partial charge in [0.15, 0.2) is 0 Å². The maximum Gasteiger partial charge on any atom is 0.261 e. The van der Waals surface area contributed by atoms with Crippen LogP contribution in [0.2, 0.25) is 0 Å². The van der Waals surface area contributed by atoms with Gasteiger partial charge >= 0.3 is 0 Å². The van der Waals surface area contributed by atoms with E-state index in [9.17, 15) is 13.2 Å². The lowest BCUT2D eigenvalue weighted by Crippen LogP contribution is -2.40. The van der Waals surface area contributed by atoms with E-state index in [0.717, 1.165) is 5.56 Å². The molecule has 8 nitrogen and oxygen atoms in total. The third kappa shape index (κ3) is 3.64. The van der Waals surface area contributed by atoms with Crippen molar-refractivity contribution in [3.8, 4) is 0 Å². The number of nitrogens with one attached hydrogen (secondary N) is 1. The Hall–Kier alpha value is -3.27. The van der Waals surface area contributed by atoms with Crippen molar-refractivity contribution in [1.29, 1.82) is 0 Å². The van der Waals surface area contributed by atoms with E-state index in [1.807, 2.05) is 24.3 Å². The van der Waals surface area contributed by atoms with Crippen LogP contribution in [0.25, 0.3) is 0 Å². The normalized spacial score (nSPS) is 19.1. The molecule has 1 atom stereocenters. The van der Waals surface area contributed by atoms with Gasteiger partial charge in [-0.05, 0) is 42.5 Å². The van der Waals surface area contributed by atoms with E-state index < -0.39 is 16.2 Å². The summed E-state index contributed by atoms with van der Waals surface area (Å²) in [6, 6.07) is 19.5. The Morgan fingerprint density at radius 1 is 0.938 bits per heavy atom. The fourth-order valence-electron chi connectivity index (χ4n) is 4.01. The van der Waals surface area contributed by atoms with Crippen LogP contribution in [0, 0.1) is 0 Å². The van der Waals surface area contributed by atoms with E-state index in [2.05, 4.69) is 10.3 Å². The summed E-state index contributed by atoms with van der Waals surface area (Å²) >= 11 is 0. The molecule has 5 rings (SSSR count). The van der Waals surface area contributed by atoms with E-state index in [0.29, 0.717) is 43.4 Å². The fourth-order valence-corrected chi connectivity index (χ4v) is 5.42. The van der Waals surface area contributed by atoms with Gasteiger partial charge in [0, 0.05) is 36.1 Å². The molecule has 1 fully saturated rings. The molecule has 3 aromatic rings. The number of carbonyl (C=O) groups excluding carboxylic acids is 1. The summed E-state index contributed by atoms with van der Waals surface area (Å²) in [5, 5.41) is 3.37. The van der Waals surface area contributed by atoms with Crippen LogP contribution in [0.1, 0.15) is 22.1 Å². The zero-order valence-electron chi connectivity index (χ0n) is 17.2. The number of nitrogens with zero attached hydrogens (tertiary/aromatic N) is 3. The van der Waals surface area contributed by atoms with E-state index in [-0.39, 0.29) is 10.8 Å². The molecule has 2 aromatic carbocycles. The highest BCUT2D eigenvalue weighted by atomic mass is 32.2. The van der Waals surface area contributed by atoms with Crippen molar-refractivity contribution in [3.05, 3.63) is 84.1 Å². The van der Waals surface area contributed by atoms with Gasteiger partial charge in [0.05, 0.1) is 18.1 Å². The Labute approximate surface area is 186 Å². The molecule has 3 heterocycles. The summed E-state index contributed by atoms with van der Waals surface area (Å²) in [5.74, 6) is 0.404. The third-order valence-corrected chi connectivity index (χ3v) is 7.54. The number of anilines is 2. The minimum atomic E-state index is -3.57. The molecule has 32 heavy (non-hydrogen) atoms. The van der Waals surface area contributed by atoms with Gasteiger partial charge in [-0.2, -0.15) is 4.31 Å². The fraction of sp³-hybridized carbons (Fsp3) is 0.217. The van der Waals surface area contributed by atoms with Gasteiger partial charge in [-0.15, -0.1) is 0 Å². The molecule has 1 saturated heterocycles. The summed E-state index contributed by atoms with van der Waals surface area (Å²) < 4.78 is 32.4. The molecule has 0 spiro atoms. The van der Waals surface area contributed by atoms with Crippen molar-refractivity contribution in [2.75, 3.05) is 36.5 Å². The lowest BCUT2D eigenvalue weighted by atomic mass is 10.1. The third-order valence-electron chi connectivity index (χ3n) is 5.62.